The van der Waals surface area contributed by atoms with Gasteiger partial charge in [-0.25, -0.2) is 0 Å². The maximum atomic E-state index is 10.3. The highest BCUT2D eigenvalue weighted by Gasteiger charge is 2.07. The summed E-state index contributed by atoms with van der Waals surface area (Å²) in [6.45, 7) is 0.316. The van der Waals surface area contributed by atoms with Gasteiger partial charge in [-0.15, -0.1) is 0 Å². The number of azide groups is 1. The zero-order chi connectivity index (χ0) is 11.1. The number of rotatable bonds is 3. The number of hydrogen-bond acceptors (Lipinski definition) is 4. The van der Waals surface area contributed by atoms with Gasteiger partial charge in [0.05, 0.1) is 9.80 Å². The first kappa shape index (κ1) is 11.0. The van der Waals surface area contributed by atoms with E-state index in [0.717, 1.165) is 11.3 Å². The van der Waals surface area contributed by atoms with E-state index in [0.29, 0.717) is 17.8 Å². The summed E-state index contributed by atoms with van der Waals surface area (Å²) in [5.74, 6) is 5.52. The van der Waals surface area contributed by atoms with E-state index in [1.807, 2.05) is 0 Å². The molecule has 0 saturated carbocycles. The number of hydrogen-bond donors (Lipinski definition) is 0. The summed E-state index contributed by atoms with van der Waals surface area (Å²) in [5, 5.41) is 13.7. The zero-order valence-electron chi connectivity index (χ0n) is 7.58. The molecule has 0 radical (unpaired) electrons. The molecule has 76 valence electrons. The molecule has 1 aromatic heterocycles. The van der Waals surface area contributed by atoms with E-state index in [1.165, 1.54) is 6.07 Å². The van der Waals surface area contributed by atoms with Gasteiger partial charge in [0.25, 0.3) is 0 Å². The fourth-order valence-corrected chi connectivity index (χ4v) is 1.49. The van der Waals surface area contributed by atoms with Crippen molar-refractivity contribution >= 4 is 16.3 Å². The van der Waals surface area contributed by atoms with Crippen LogP contribution >= 0.6 is 11.3 Å². The monoisotopic (exact) mass is 222 g/mol. The van der Waals surface area contributed by atoms with E-state index in [-0.39, 0.29) is 5.00 Å². The van der Waals surface area contributed by atoms with Crippen molar-refractivity contribution in [3.05, 3.63) is 37.6 Å². The normalized spacial score (nSPS) is 8.53. The van der Waals surface area contributed by atoms with Crippen LogP contribution in [-0.4, -0.2) is 11.5 Å². The van der Waals surface area contributed by atoms with Crippen molar-refractivity contribution in [1.29, 1.82) is 0 Å². The second kappa shape index (κ2) is 5.65. The second-order valence-electron chi connectivity index (χ2n) is 2.40. The summed E-state index contributed by atoms with van der Waals surface area (Å²) in [6.07, 6.45) is 0.454. The topological polar surface area (TPSA) is 91.9 Å². The Morgan fingerprint density at radius 3 is 3.07 bits per heavy atom. The number of nitro groups is 1. The minimum atomic E-state index is -0.449. The van der Waals surface area contributed by atoms with Gasteiger partial charge in [-0.05, 0) is 11.6 Å². The molecule has 0 bridgehead atoms. The molecule has 1 heterocycles. The molecule has 0 spiro atoms. The molecule has 0 aromatic carbocycles. The van der Waals surface area contributed by atoms with Crippen LogP contribution in [0, 0.1) is 22.0 Å². The number of thiophene rings is 1. The minimum absolute atomic E-state index is 0.0781. The molecular formula is C8H6N4O2S. The van der Waals surface area contributed by atoms with Crippen LogP contribution in [0.5, 0.6) is 0 Å². The number of nitrogens with zero attached hydrogens (tertiary/aromatic N) is 4. The average molecular weight is 222 g/mol. The fraction of sp³-hybridized carbons (Fsp3) is 0.250. The van der Waals surface area contributed by atoms with E-state index in [4.69, 9.17) is 5.53 Å². The molecule has 0 fully saturated rings. The Bertz CT molecular complexity index is 464. The van der Waals surface area contributed by atoms with Crippen LogP contribution in [0.25, 0.3) is 10.4 Å². The summed E-state index contributed by atoms with van der Waals surface area (Å²) in [7, 11) is 0. The molecule has 0 saturated heterocycles. The predicted molar refractivity (Wildman–Crippen MR) is 56.5 cm³/mol. The Balaban J connectivity index is 2.56. The molecule has 7 heteroatoms. The van der Waals surface area contributed by atoms with Gasteiger partial charge in [-0.1, -0.05) is 28.3 Å². The summed E-state index contributed by atoms with van der Waals surface area (Å²) in [4.78, 5) is 13.1. The van der Waals surface area contributed by atoms with Crippen LogP contribution in [0.4, 0.5) is 5.00 Å². The van der Waals surface area contributed by atoms with E-state index in [1.54, 1.807) is 6.07 Å². The fourth-order valence-electron chi connectivity index (χ4n) is 0.793. The lowest BCUT2D eigenvalue weighted by Crippen LogP contribution is -1.80. The van der Waals surface area contributed by atoms with Gasteiger partial charge in [0.1, 0.15) is 0 Å². The second-order valence-corrected chi connectivity index (χ2v) is 3.46. The highest BCUT2D eigenvalue weighted by atomic mass is 32.1. The molecule has 1 rings (SSSR count). The standard InChI is InChI=1S/C8H6N4O2S/c9-11-10-6-2-1-3-7-4-5-8(15-7)12(13)14/h4-5H,2,6H2. The highest BCUT2D eigenvalue weighted by Crippen LogP contribution is 2.22. The van der Waals surface area contributed by atoms with Crippen molar-refractivity contribution in [2.75, 3.05) is 6.54 Å². The van der Waals surface area contributed by atoms with Crippen LogP contribution < -0.4 is 0 Å². The van der Waals surface area contributed by atoms with E-state index >= 15 is 0 Å². The first-order chi connectivity index (χ1) is 7.24. The molecule has 0 aliphatic rings. The Hall–Kier alpha value is -2.03. The molecule has 0 atom stereocenters. The van der Waals surface area contributed by atoms with Crippen molar-refractivity contribution in [2.24, 2.45) is 5.11 Å². The maximum absolute atomic E-state index is 10.3. The van der Waals surface area contributed by atoms with Gasteiger partial charge in [0.15, 0.2) is 0 Å². The van der Waals surface area contributed by atoms with Gasteiger partial charge in [0, 0.05) is 23.9 Å². The van der Waals surface area contributed by atoms with Crippen LogP contribution in [0.3, 0.4) is 0 Å². The van der Waals surface area contributed by atoms with Crippen molar-refractivity contribution in [2.45, 2.75) is 6.42 Å². The zero-order valence-corrected chi connectivity index (χ0v) is 8.40. The maximum Gasteiger partial charge on any atom is 0.325 e. The van der Waals surface area contributed by atoms with Crippen LogP contribution in [0.2, 0.25) is 0 Å². The Kier molecular flexibility index (Phi) is 4.16. The smallest absolute Gasteiger partial charge is 0.258 e. The van der Waals surface area contributed by atoms with Gasteiger partial charge in [0.2, 0.25) is 0 Å². The van der Waals surface area contributed by atoms with E-state index in [2.05, 4.69) is 21.9 Å². The first-order valence-corrected chi connectivity index (χ1v) is 4.79. The SMILES string of the molecule is [N-]=[N+]=NCCC#Cc1ccc([N+](=O)[O-])s1. The van der Waals surface area contributed by atoms with Gasteiger partial charge >= 0.3 is 5.00 Å². The molecule has 0 aliphatic heterocycles. The lowest BCUT2D eigenvalue weighted by Gasteiger charge is -1.80. The quantitative estimate of drug-likeness (QED) is 0.149. The Morgan fingerprint density at radius 2 is 2.47 bits per heavy atom. The molecular weight excluding hydrogens is 216 g/mol. The van der Waals surface area contributed by atoms with Crippen molar-refractivity contribution < 1.29 is 4.92 Å². The molecule has 0 amide bonds. The Morgan fingerprint density at radius 1 is 1.67 bits per heavy atom. The van der Waals surface area contributed by atoms with Crippen molar-refractivity contribution in [3.63, 3.8) is 0 Å². The molecule has 6 nitrogen and oxygen atoms in total. The highest BCUT2D eigenvalue weighted by molar-refractivity contribution is 7.15. The van der Waals surface area contributed by atoms with Crippen LogP contribution in [-0.2, 0) is 0 Å². The third-order valence-electron chi connectivity index (χ3n) is 1.38. The molecule has 0 N–H and O–H groups in total. The van der Waals surface area contributed by atoms with Crippen molar-refractivity contribution in [3.8, 4) is 11.8 Å². The van der Waals surface area contributed by atoms with Gasteiger partial charge < -0.3 is 0 Å². The third-order valence-corrected chi connectivity index (χ3v) is 2.34. The summed E-state index contributed by atoms with van der Waals surface area (Å²) >= 11 is 1.03. The largest absolute Gasteiger partial charge is 0.325 e. The molecule has 0 aliphatic carbocycles. The lowest BCUT2D eigenvalue weighted by atomic mass is 10.4. The first-order valence-electron chi connectivity index (χ1n) is 3.98. The summed E-state index contributed by atoms with van der Waals surface area (Å²) in [6, 6.07) is 3.02. The van der Waals surface area contributed by atoms with Crippen molar-refractivity contribution in [1.82, 2.24) is 0 Å². The molecule has 0 unspecified atom stereocenters. The van der Waals surface area contributed by atoms with Gasteiger partial charge in [-0.2, -0.15) is 0 Å². The third kappa shape index (κ3) is 3.68. The van der Waals surface area contributed by atoms with Crippen LogP contribution in [0.1, 0.15) is 11.3 Å². The minimum Gasteiger partial charge on any atom is -0.258 e. The summed E-state index contributed by atoms with van der Waals surface area (Å²) < 4.78 is 0. The lowest BCUT2D eigenvalue weighted by molar-refractivity contribution is -0.380. The Labute approximate surface area is 89.3 Å². The van der Waals surface area contributed by atoms with E-state index in [9.17, 15) is 10.1 Å². The van der Waals surface area contributed by atoms with Crippen LogP contribution in [0.15, 0.2) is 17.2 Å². The van der Waals surface area contributed by atoms with E-state index < -0.39 is 4.92 Å². The molecule has 1 aromatic rings. The average Bonchev–Trinajstić information content (AvgIpc) is 2.66. The predicted octanol–water partition coefficient (Wildman–Crippen LogP) is 2.71. The van der Waals surface area contributed by atoms with Gasteiger partial charge in [-0.3, -0.25) is 10.1 Å². The molecule has 15 heavy (non-hydrogen) atoms. The summed E-state index contributed by atoms with van der Waals surface area (Å²) in [5.41, 5.74) is 7.98.